The molecule has 0 spiro atoms. The van der Waals surface area contributed by atoms with E-state index in [1.807, 2.05) is 0 Å². The van der Waals surface area contributed by atoms with E-state index in [0.29, 0.717) is 26.4 Å². The van der Waals surface area contributed by atoms with Gasteiger partial charge < -0.3 is 18.9 Å². The maximum atomic E-state index is 12.7. The fraction of sp³-hybridized carbons (Fsp3) is 0.829. The van der Waals surface area contributed by atoms with Crippen LogP contribution in [0.2, 0.25) is 0 Å². The third-order valence-corrected chi connectivity index (χ3v) is 9.69. The lowest BCUT2D eigenvalue weighted by Crippen LogP contribution is -2.25. The third kappa shape index (κ3) is 27.5. The standard InChI is InChI=1S/C35H59IO8S/c36-24-21-29-45-31-30-34(39)43-27-19-15-11-7-2-1-5-9-13-17-25-41-32(37)22-23-33(38)42-26-18-14-10-6-3-4-8-12-16-20-28-44-35(31)40/h22-23,31H,1-21,24-30H2/b23-22+. The number of esters is 4. The van der Waals surface area contributed by atoms with Gasteiger partial charge >= 0.3 is 23.9 Å². The summed E-state index contributed by atoms with van der Waals surface area (Å²) in [6, 6.07) is 0. The number of alkyl halides is 1. The number of carbonyl (C=O) groups excluding carboxylic acids is 4. The molecule has 0 aromatic heterocycles. The summed E-state index contributed by atoms with van der Waals surface area (Å²) in [6.45, 7) is 1.54. The van der Waals surface area contributed by atoms with Crippen molar-refractivity contribution < 1.29 is 38.1 Å². The SMILES string of the molecule is O=C1/C=C/C(=O)OCCCCCCCCCCCCOC(=O)C(SCCCI)CC(=O)OCCCCCCCCCCCCO1. The highest BCUT2D eigenvalue weighted by Crippen LogP contribution is 2.20. The van der Waals surface area contributed by atoms with Crippen molar-refractivity contribution in [3.05, 3.63) is 12.2 Å². The molecule has 1 aliphatic heterocycles. The molecule has 0 aliphatic carbocycles. The highest BCUT2D eigenvalue weighted by Gasteiger charge is 2.24. The first-order valence-corrected chi connectivity index (χ1v) is 20.1. The molecule has 260 valence electrons. The fourth-order valence-corrected chi connectivity index (χ4v) is 6.92. The summed E-state index contributed by atoms with van der Waals surface area (Å²) in [6.07, 6.45) is 24.7. The average Bonchev–Trinajstić information content (AvgIpc) is 3.03. The van der Waals surface area contributed by atoms with Gasteiger partial charge in [-0.15, -0.1) is 11.8 Å². The molecule has 45 heavy (non-hydrogen) atoms. The highest BCUT2D eigenvalue weighted by atomic mass is 127. The van der Waals surface area contributed by atoms with Crippen LogP contribution in [0, 0.1) is 0 Å². The van der Waals surface area contributed by atoms with Crippen LogP contribution in [0.3, 0.4) is 0 Å². The molecular formula is C35H59IO8S. The topological polar surface area (TPSA) is 105 Å². The van der Waals surface area contributed by atoms with Crippen LogP contribution in [-0.2, 0) is 38.1 Å². The van der Waals surface area contributed by atoms with E-state index in [0.717, 1.165) is 119 Å². The summed E-state index contributed by atoms with van der Waals surface area (Å²) in [5, 5.41) is -0.490. The zero-order valence-corrected chi connectivity index (χ0v) is 30.6. The Labute approximate surface area is 290 Å². The van der Waals surface area contributed by atoms with Crippen molar-refractivity contribution in [1.29, 1.82) is 0 Å². The largest absolute Gasteiger partial charge is 0.466 e. The van der Waals surface area contributed by atoms with Gasteiger partial charge in [-0.25, -0.2) is 9.59 Å². The first-order chi connectivity index (χ1) is 22.0. The van der Waals surface area contributed by atoms with Crippen molar-refractivity contribution in [2.75, 3.05) is 36.6 Å². The Morgan fingerprint density at radius 1 is 0.533 bits per heavy atom. The van der Waals surface area contributed by atoms with Gasteiger partial charge in [0.05, 0.1) is 32.8 Å². The Bertz CT molecular complexity index is 807. The van der Waals surface area contributed by atoms with E-state index in [4.69, 9.17) is 18.9 Å². The molecule has 0 saturated heterocycles. The van der Waals surface area contributed by atoms with Crippen LogP contribution in [0.5, 0.6) is 0 Å². The minimum absolute atomic E-state index is 0.0787. The number of cyclic esters (lactones) is 4. The second-order valence-corrected chi connectivity index (χ2v) is 14.1. The van der Waals surface area contributed by atoms with E-state index in [-0.39, 0.29) is 18.4 Å². The Morgan fingerprint density at radius 2 is 0.889 bits per heavy atom. The van der Waals surface area contributed by atoms with Crippen molar-refractivity contribution >= 4 is 58.2 Å². The van der Waals surface area contributed by atoms with Crippen molar-refractivity contribution in [1.82, 2.24) is 0 Å². The smallest absolute Gasteiger partial charge is 0.331 e. The lowest BCUT2D eigenvalue weighted by molar-refractivity contribution is -0.149. The zero-order chi connectivity index (χ0) is 32.6. The van der Waals surface area contributed by atoms with Crippen LogP contribution in [0.25, 0.3) is 0 Å². The van der Waals surface area contributed by atoms with E-state index >= 15 is 0 Å². The first kappa shape index (κ1) is 41.7. The number of thioether (sulfide) groups is 1. The fourth-order valence-electron chi connectivity index (χ4n) is 4.97. The quantitative estimate of drug-likeness (QED) is 0.0913. The van der Waals surface area contributed by atoms with E-state index < -0.39 is 17.2 Å². The molecule has 0 aromatic carbocycles. The van der Waals surface area contributed by atoms with Crippen molar-refractivity contribution in [3.63, 3.8) is 0 Å². The van der Waals surface area contributed by atoms with Crippen LogP contribution in [-0.4, -0.2) is 65.7 Å². The van der Waals surface area contributed by atoms with E-state index in [1.165, 1.54) is 50.3 Å². The molecule has 8 nitrogen and oxygen atoms in total. The first-order valence-electron chi connectivity index (χ1n) is 17.5. The molecule has 0 saturated carbocycles. The summed E-state index contributed by atoms with van der Waals surface area (Å²) < 4.78 is 22.4. The second-order valence-electron chi connectivity index (χ2n) is 11.7. The van der Waals surface area contributed by atoms with Gasteiger partial charge in [0.15, 0.2) is 0 Å². The molecule has 1 aliphatic rings. The molecule has 0 aromatic rings. The normalized spacial score (nSPS) is 23.1. The van der Waals surface area contributed by atoms with Gasteiger partial charge in [0.1, 0.15) is 5.25 Å². The zero-order valence-electron chi connectivity index (χ0n) is 27.6. The number of hydrogen-bond acceptors (Lipinski definition) is 9. The monoisotopic (exact) mass is 766 g/mol. The molecule has 0 radical (unpaired) electrons. The van der Waals surface area contributed by atoms with Crippen LogP contribution < -0.4 is 0 Å². The Balaban J connectivity index is 2.41. The second kappa shape index (κ2) is 31.3. The predicted molar refractivity (Wildman–Crippen MR) is 190 cm³/mol. The lowest BCUT2D eigenvalue weighted by atomic mass is 10.1. The van der Waals surface area contributed by atoms with Crippen molar-refractivity contribution in [3.8, 4) is 0 Å². The molecule has 0 N–H and O–H groups in total. The summed E-state index contributed by atoms with van der Waals surface area (Å²) in [5.74, 6) is -0.770. The minimum atomic E-state index is -0.501. The number of halogens is 1. The van der Waals surface area contributed by atoms with Crippen molar-refractivity contribution in [2.45, 2.75) is 147 Å². The molecule has 1 heterocycles. The lowest BCUT2D eigenvalue weighted by Gasteiger charge is -2.15. The summed E-state index contributed by atoms with van der Waals surface area (Å²) >= 11 is 3.84. The van der Waals surface area contributed by atoms with Crippen LogP contribution >= 0.6 is 34.4 Å². The van der Waals surface area contributed by atoms with Gasteiger partial charge in [-0.2, -0.15) is 0 Å². The van der Waals surface area contributed by atoms with E-state index in [2.05, 4.69) is 22.6 Å². The maximum Gasteiger partial charge on any atom is 0.331 e. The molecule has 1 unspecified atom stereocenters. The van der Waals surface area contributed by atoms with Gasteiger partial charge in [0, 0.05) is 16.6 Å². The Hall–Kier alpha value is -1.30. The minimum Gasteiger partial charge on any atom is -0.466 e. The van der Waals surface area contributed by atoms with Gasteiger partial charge in [0.2, 0.25) is 0 Å². The number of carbonyl (C=O) groups is 4. The predicted octanol–water partition coefficient (Wildman–Crippen LogP) is 8.85. The number of hydrogen-bond donors (Lipinski definition) is 0. The maximum absolute atomic E-state index is 12.7. The van der Waals surface area contributed by atoms with Crippen LogP contribution in [0.15, 0.2) is 12.2 Å². The molecule has 0 fully saturated rings. The highest BCUT2D eigenvalue weighted by molar-refractivity contribution is 14.1. The molecule has 10 heteroatoms. The molecule has 1 rings (SSSR count). The van der Waals surface area contributed by atoms with Crippen LogP contribution in [0.1, 0.15) is 141 Å². The number of ether oxygens (including phenoxy) is 4. The summed E-state index contributed by atoms with van der Waals surface area (Å²) in [5.41, 5.74) is 0. The molecule has 0 amide bonds. The van der Waals surface area contributed by atoms with E-state index in [1.54, 1.807) is 0 Å². The van der Waals surface area contributed by atoms with Gasteiger partial charge in [0.25, 0.3) is 0 Å². The molecule has 0 bridgehead atoms. The summed E-state index contributed by atoms with van der Waals surface area (Å²) in [4.78, 5) is 48.8. The number of rotatable bonds is 4. The Kier molecular flexibility index (Phi) is 29.0. The van der Waals surface area contributed by atoms with Gasteiger partial charge in [-0.3, -0.25) is 9.59 Å². The van der Waals surface area contributed by atoms with Crippen molar-refractivity contribution in [2.24, 2.45) is 0 Å². The van der Waals surface area contributed by atoms with E-state index in [9.17, 15) is 19.2 Å². The molecule has 1 atom stereocenters. The Morgan fingerprint density at radius 3 is 1.29 bits per heavy atom. The van der Waals surface area contributed by atoms with Gasteiger partial charge in [-0.1, -0.05) is 125 Å². The third-order valence-electron chi connectivity index (χ3n) is 7.64. The average molecular weight is 767 g/mol. The van der Waals surface area contributed by atoms with Gasteiger partial charge in [-0.05, 0) is 37.9 Å². The molecular weight excluding hydrogens is 707 g/mol. The summed E-state index contributed by atoms with van der Waals surface area (Å²) in [7, 11) is 0. The van der Waals surface area contributed by atoms with Crippen LogP contribution in [0.4, 0.5) is 0 Å².